The molecule has 0 spiro atoms. The van der Waals surface area contributed by atoms with E-state index in [2.05, 4.69) is 29.2 Å². The van der Waals surface area contributed by atoms with E-state index in [9.17, 15) is 5.11 Å². The highest BCUT2D eigenvalue weighted by Gasteiger charge is 2.28. The van der Waals surface area contributed by atoms with E-state index < -0.39 is 0 Å². The minimum Gasteiger partial charge on any atom is -0.491 e. The Morgan fingerprint density at radius 3 is 2.67 bits per heavy atom. The maximum absolute atomic E-state index is 10.5. The molecule has 2 aromatic carbocycles. The molecule has 1 aliphatic rings. The Morgan fingerprint density at radius 2 is 1.96 bits per heavy atom. The van der Waals surface area contributed by atoms with E-state index in [0.717, 1.165) is 38.0 Å². The number of hydrogen-bond donors (Lipinski definition) is 1. The van der Waals surface area contributed by atoms with Gasteiger partial charge in [0.1, 0.15) is 0 Å². The second kappa shape index (κ2) is 9.45. The average molecular weight is 390 g/mol. The topological polar surface area (TPSA) is 41.9 Å². The fourth-order valence-electron chi connectivity index (χ4n) is 3.78. The summed E-state index contributed by atoms with van der Waals surface area (Å²) in [5.74, 6) is 1.40. The third kappa shape index (κ3) is 5.16. The van der Waals surface area contributed by atoms with Gasteiger partial charge in [0.2, 0.25) is 0 Å². The largest absolute Gasteiger partial charge is 0.491 e. The molecule has 27 heavy (non-hydrogen) atoms. The average Bonchev–Trinajstić information content (AvgIpc) is 2.65. The Bertz CT molecular complexity index is 738. The number of hydrogen-bond acceptors (Lipinski definition) is 4. The predicted octanol–water partition coefficient (Wildman–Crippen LogP) is 4.17. The van der Waals surface area contributed by atoms with Crippen LogP contribution in [-0.4, -0.2) is 42.9 Å². The lowest BCUT2D eigenvalue weighted by Crippen LogP contribution is -2.43. The lowest BCUT2D eigenvalue weighted by atomic mass is 9.88. The molecule has 4 nitrogen and oxygen atoms in total. The van der Waals surface area contributed by atoms with Gasteiger partial charge < -0.3 is 14.6 Å². The minimum atomic E-state index is -0.298. The van der Waals surface area contributed by atoms with Gasteiger partial charge in [-0.15, -0.1) is 0 Å². The van der Waals surface area contributed by atoms with Crippen molar-refractivity contribution in [2.24, 2.45) is 5.92 Å². The molecule has 0 saturated carbocycles. The molecule has 2 unspecified atom stereocenters. The van der Waals surface area contributed by atoms with Crippen LogP contribution in [0.25, 0.3) is 0 Å². The zero-order valence-corrected chi connectivity index (χ0v) is 16.8. The van der Waals surface area contributed by atoms with Crippen molar-refractivity contribution in [3.63, 3.8) is 0 Å². The fourth-order valence-corrected chi connectivity index (χ4v) is 4.09. The summed E-state index contributed by atoms with van der Waals surface area (Å²) in [6.45, 7) is 5.18. The quantitative estimate of drug-likeness (QED) is 0.771. The lowest BCUT2D eigenvalue weighted by Gasteiger charge is -2.36. The van der Waals surface area contributed by atoms with Crippen molar-refractivity contribution < 1.29 is 14.6 Å². The standard InChI is InChI=1S/C22H28ClNO3/c1-3-27-21-13-17(12-19(23)22(21)26-2)11-18-15-24(10-9-20(18)25)14-16-7-5-4-6-8-16/h4-8,12-13,18,20,25H,3,9-11,14-15H2,1-2H3. The molecule has 146 valence electrons. The van der Waals surface area contributed by atoms with Crippen molar-refractivity contribution in [3.05, 3.63) is 58.6 Å². The van der Waals surface area contributed by atoms with E-state index in [1.807, 2.05) is 25.1 Å². The molecular weight excluding hydrogens is 362 g/mol. The van der Waals surface area contributed by atoms with Crippen LogP contribution in [0.1, 0.15) is 24.5 Å². The second-order valence-electron chi connectivity index (χ2n) is 7.08. The molecular formula is C22H28ClNO3. The van der Waals surface area contributed by atoms with Gasteiger partial charge in [-0.2, -0.15) is 0 Å². The van der Waals surface area contributed by atoms with Gasteiger partial charge in [0, 0.05) is 25.6 Å². The van der Waals surface area contributed by atoms with Crippen molar-refractivity contribution in [2.45, 2.75) is 32.4 Å². The van der Waals surface area contributed by atoms with E-state index in [0.29, 0.717) is 23.1 Å². The summed E-state index contributed by atoms with van der Waals surface area (Å²) in [7, 11) is 1.59. The maximum Gasteiger partial charge on any atom is 0.179 e. The SMILES string of the molecule is CCOc1cc(CC2CN(Cc3ccccc3)CCC2O)cc(Cl)c1OC. The van der Waals surface area contributed by atoms with Crippen molar-refractivity contribution in [2.75, 3.05) is 26.8 Å². The van der Waals surface area contributed by atoms with E-state index in [-0.39, 0.29) is 12.0 Å². The van der Waals surface area contributed by atoms with Crippen molar-refractivity contribution in [3.8, 4) is 11.5 Å². The summed E-state index contributed by atoms with van der Waals surface area (Å²) in [6.07, 6.45) is 1.25. The molecule has 1 aliphatic heterocycles. The Labute approximate surface area is 166 Å². The number of aliphatic hydroxyl groups excluding tert-OH is 1. The zero-order valence-electron chi connectivity index (χ0n) is 16.0. The Balaban J connectivity index is 1.71. The molecule has 1 saturated heterocycles. The van der Waals surface area contributed by atoms with E-state index in [1.165, 1.54) is 5.56 Å². The van der Waals surface area contributed by atoms with Crippen LogP contribution in [0, 0.1) is 5.92 Å². The lowest BCUT2D eigenvalue weighted by molar-refractivity contribution is 0.0239. The summed E-state index contributed by atoms with van der Waals surface area (Å²) in [5, 5.41) is 11.1. The molecule has 2 aromatic rings. The molecule has 1 fully saturated rings. The highest BCUT2D eigenvalue weighted by Crippen LogP contribution is 2.37. The fraction of sp³-hybridized carbons (Fsp3) is 0.455. The number of halogens is 1. The number of ether oxygens (including phenoxy) is 2. The summed E-state index contributed by atoms with van der Waals surface area (Å²) in [5.41, 5.74) is 2.37. The van der Waals surface area contributed by atoms with Crippen LogP contribution in [0.2, 0.25) is 5.02 Å². The highest BCUT2D eigenvalue weighted by atomic mass is 35.5. The Morgan fingerprint density at radius 1 is 1.19 bits per heavy atom. The number of benzene rings is 2. The number of methoxy groups -OCH3 is 1. The van der Waals surface area contributed by atoms with Gasteiger partial charge in [-0.25, -0.2) is 0 Å². The molecule has 2 atom stereocenters. The van der Waals surface area contributed by atoms with E-state index >= 15 is 0 Å². The number of piperidine rings is 1. The minimum absolute atomic E-state index is 0.168. The van der Waals surface area contributed by atoms with Crippen molar-refractivity contribution in [1.29, 1.82) is 0 Å². The summed E-state index contributed by atoms with van der Waals surface area (Å²) in [4.78, 5) is 2.42. The monoisotopic (exact) mass is 389 g/mol. The first kappa shape index (κ1) is 20.0. The first-order valence-electron chi connectivity index (χ1n) is 9.54. The van der Waals surface area contributed by atoms with Crippen LogP contribution in [-0.2, 0) is 13.0 Å². The molecule has 0 bridgehead atoms. The van der Waals surface area contributed by atoms with Gasteiger partial charge in [-0.1, -0.05) is 41.9 Å². The summed E-state index contributed by atoms with van der Waals surface area (Å²) < 4.78 is 11.0. The Kier molecular flexibility index (Phi) is 7.00. The first-order chi connectivity index (χ1) is 13.1. The van der Waals surface area contributed by atoms with Crippen LogP contribution >= 0.6 is 11.6 Å². The normalized spacial score (nSPS) is 20.4. The number of aliphatic hydroxyl groups is 1. The summed E-state index contributed by atoms with van der Waals surface area (Å²) in [6, 6.07) is 14.4. The van der Waals surface area contributed by atoms with Crippen LogP contribution < -0.4 is 9.47 Å². The molecule has 0 amide bonds. The zero-order chi connectivity index (χ0) is 19.2. The van der Waals surface area contributed by atoms with Crippen molar-refractivity contribution in [1.82, 2.24) is 4.90 Å². The Hall–Kier alpha value is -1.75. The van der Waals surface area contributed by atoms with Gasteiger partial charge in [0.25, 0.3) is 0 Å². The maximum atomic E-state index is 10.5. The molecule has 3 rings (SSSR count). The number of rotatable bonds is 7. The van der Waals surface area contributed by atoms with Crippen LogP contribution in [0.4, 0.5) is 0 Å². The molecule has 0 aromatic heterocycles. The smallest absolute Gasteiger partial charge is 0.179 e. The van der Waals surface area contributed by atoms with Gasteiger partial charge in [-0.05, 0) is 43.0 Å². The molecule has 0 aliphatic carbocycles. The van der Waals surface area contributed by atoms with Crippen LogP contribution in [0.15, 0.2) is 42.5 Å². The third-order valence-corrected chi connectivity index (χ3v) is 5.38. The van der Waals surface area contributed by atoms with E-state index in [1.54, 1.807) is 7.11 Å². The molecule has 0 radical (unpaired) electrons. The van der Waals surface area contributed by atoms with Crippen LogP contribution in [0.5, 0.6) is 11.5 Å². The second-order valence-corrected chi connectivity index (χ2v) is 7.49. The summed E-state index contributed by atoms with van der Waals surface area (Å²) >= 11 is 6.38. The molecule has 5 heteroatoms. The number of likely N-dealkylation sites (tertiary alicyclic amines) is 1. The van der Waals surface area contributed by atoms with Gasteiger partial charge in [0.15, 0.2) is 11.5 Å². The third-order valence-electron chi connectivity index (χ3n) is 5.10. The van der Waals surface area contributed by atoms with Gasteiger partial charge in [0.05, 0.1) is 24.8 Å². The van der Waals surface area contributed by atoms with Gasteiger partial charge in [-0.3, -0.25) is 4.90 Å². The first-order valence-corrected chi connectivity index (χ1v) is 9.92. The predicted molar refractivity (Wildman–Crippen MR) is 109 cm³/mol. The van der Waals surface area contributed by atoms with Crippen LogP contribution in [0.3, 0.4) is 0 Å². The highest BCUT2D eigenvalue weighted by molar-refractivity contribution is 6.32. The molecule has 1 heterocycles. The number of nitrogens with zero attached hydrogens (tertiary/aromatic N) is 1. The molecule has 1 N–H and O–H groups in total. The van der Waals surface area contributed by atoms with Crippen molar-refractivity contribution >= 4 is 11.6 Å². The van der Waals surface area contributed by atoms with E-state index in [4.69, 9.17) is 21.1 Å². The van der Waals surface area contributed by atoms with Gasteiger partial charge >= 0.3 is 0 Å².